The number of hydrogen-bond acceptors (Lipinski definition) is 6. The molecule has 0 amide bonds. The fourth-order valence-electron chi connectivity index (χ4n) is 2.10. The van der Waals surface area contributed by atoms with Gasteiger partial charge >= 0.3 is 5.69 Å². The number of nitrogens with zero attached hydrogens (tertiary/aromatic N) is 3. The molecule has 1 saturated heterocycles. The van der Waals surface area contributed by atoms with Crippen molar-refractivity contribution in [3.63, 3.8) is 0 Å². The molecule has 0 spiro atoms. The van der Waals surface area contributed by atoms with E-state index >= 15 is 0 Å². The predicted octanol–water partition coefficient (Wildman–Crippen LogP) is 2.33. The maximum Gasteiger partial charge on any atom is 0.332 e. The molecule has 2 heterocycles. The van der Waals surface area contributed by atoms with Crippen LogP contribution < -0.4 is 5.32 Å². The Morgan fingerprint density at radius 3 is 3.00 bits per heavy atom. The van der Waals surface area contributed by atoms with Crippen molar-refractivity contribution in [3.8, 4) is 0 Å². The summed E-state index contributed by atoms with van der Waals surface area (Å²) in [4.78, 5) is 18.2. The first-order chi connectivity index (χ1) is 9.08. The molecule has 1 N–H and O–H groups in total. The molecule has 1 aromatic rings. The Kier molecular flexibility index (Phi) is 4.49. The van der Waals surface area contributed by atoms with Crippen LogP contribution in [0.2, 0.25) is 5.28 Å². The highest BCUT2D eigenvalue weighted by Gasteiger charge is 2.22. The number of hydrogen-bond donors (Lipinski definition) is 1. The number of rotatable bonds is 5. The van der Waals surface area contributed by atoms with Crippen molar-refractivity contribution >= 4 is 23.1 Å². The highest BCUT2D eigenvalue weighted by Crippen LogP contribution is 2.26. The lowest BCUT2D eigenvalue weighted by Crippen LogP contribution is -2.14. The van der Waals surface area contributed by atoms with Gasteiger partial charge in [-0.3, -0.25) is 10.1 Å². The van der Waals surface area contributed by atoms with E-state index in [1.165, 1.54) is 6.92 Å². The Labute approximate surface area is 115 Å². The third kappa shape index (κ3) is 3.51. The molecule has 1 fully saturated rings. The minimum Gasteiger partial charge on any atom is -0.378 e. The lowest BCUT2D eigenvalue weighted by atomic mass is 10.2. The SMILES string of the molecule is Cc1nc(Cl)nc(NCCC2CCCO2)c1[N+](=O)[O-]. The zero-order valence-corrected chi connectivity index (χ0v) is 11.3. The topological polar surface area (TPSA) is 90.2 Å². The molecular weight excluding hydrogens is 272 g/mol. The molecule has 1 atom stereocenters. The average Bonchev–Trinajstić information content (AvgIpc) is 2.80. The van der Waals surface area contributed by atoms with E-state index in [2.05, 4.69) is 15.3 Å². The second-order valence-electron chi connectivity index (χ2n) is 4.38. The number of aromatic nitrogens is 2. The largest absolute Gasteiger partial charge is 0.378 e. The van der Waals surface area contributed by atoms with Gasteiger partial charge in [0.25, 0.3) is 0 Å². The monoisotopic (exact) mass is 286 g/mol. The van der Waals surface area contributed by atoms with Crippen LogP contribution in [0.25, 0.3) is 0 Å². The Morgan fingerprint density at radius 1 is 1.58 bits per heavy atom. The van der Waals surface area contributed by atoms with Gasteiger partial charge in [-0.25, -0.2) is 4.98 Å². The first kappa shape index (κ1) is 14.0. The molecule has 1 aliphatic heterocycles. The quantitative estimate of drug-likeness (QED) is 0.507. The van der Waals surface area contributed by atoms with Crippen molar-refractivity contribution in [3.05, 3.63) is 21.1 Å². The summed E-state index contributed by atoms with van der Waals surface area (Å²) in [6, 6.07) is 0. The van der Waals surface area contributed by atoms with E-state index in [4.69, 9.17) is 16.3 Å². The normalized spacial score (nSPS) is 18.5. The van der Waals surface area contributed by atoms with Crippen molar-refractivity contribution in [2.45, 2.75) is 32.3 Å². The van der Waals surface area contributed by atoms with Gasteiger partial charge in [0.2, 0.25) is 11.1 Å². The fraction of sp³-hybridized carbons (Fsp3) is 0.636. The van der Waals surface area contributed by atoms with Crippen molar-refractivity contribution in [2.75, 3.05) is 18.5 Å². The molecule has 1 unspecified atom stereocenters. The summed E-state index contributed by atoms with van der Waals surface area (Å²) in [5.41, 5.74) is 0.126. The number of aryl methyl sites for hydroxylation is 1. The molecular formula is C11H15ClN4O3. The molecule has 0 aromatic carbocycles. The molecule has 0 radical (unpaired) electrons. The molecule has 0 bridgehead atoms. The molecule has 8 heteroatoms. The Balaban J connectivity index is 2.03. The van der Waals surface area contributed by atoms with Gasteiger partial charge < -0.3 is 10.1 Å². The third-order valence-electron chi connectivity index (χ3n) is 3.00. The Bertz CT molecular complexity index is 477. The second kappa shape index (κ2) is 6.12. The Hall–Kier alpha value is -1.47. The van der Waals surface area contributed by atoms with Gasteiger partial charge in [-0.2, -0.15) is 4.98 Å². The first-order valence-corrected chi connectivity index (χ1v) is 6.49. The van der Waals surface area contributed by atoms with Crippen LogP contribution in [-0.2, 0) is 4.74 Å². The molecule has 104 valence electrons. The first-order valence-electron chi connectivity index (χ1n) is 6.12. The average molecular weight is 287 g/mol. The van der Waals surface area contributed by atoms with E-state index in [0.29, 0.717) is 6.54 Å². The van der Waals surface area contributed by atoms with Gasteiger partial charge in [0.15, 0.2) is 0 Å². The lowest BCUT2D eigenvalue weighted by Gasteiger charge is -2.11. The number of halogens is 1. The van der Waals surface area contributed by atoms with Crippen LogP contribution in [0.3, 0.4) is 0 Å². The van der Waals surface area contributed by atoms with Crippen molar-refractivity contribution < 1.29 is 9.66 Å². The summed E-state index contributed by atoms with van der Waals surface area (Å²) in [7, 11) is 0. The van der Waals surface area contributed by atoms with Crippen molar-refractivity contribution in [2.24, 2.45) is 0 Å². The molecule has 2 rings (SSSR count). The summed E-state index contributed by atoms with van der Waals surface area (Å²) in [5.74, 6) is 0.167. The van der Waals surface area contributed by atoms with Gasteiger partial charge in [0.05, 0.1) is 11.0 Å². The molecule has 19 heavy (non-hydrogen) atoms. The van der Waals surface area contributed by atoms with E-state index in [0.717, 1.165) is 25.9 Å². The predicted molar refractivity (Wildman–Crippen MR) is 70.5 cm³/mol. The van der Waals surface area contributed by atoms with E-state index < -0.39 is 4.92 Å². The van der Waals surface area contributed by atoms with Crippen LogP contribution in [0.5, 0.6) is 0 Å². The van der Waals surface area contributed by atoms with Crippen LogP contribution in [0.1, 0.15) is 25.0 Å². The molecule has 1 aliphatic rings. The van der Waals surface area contributed by atoms with E-state index in [-0.39, 0.29) is 28.6 Å². The summed E-state index contributed by atoms with van der Waals surface area (Å²) in [6.45, 7) is 2.89. The van der Waals surface area contributed by atoms with Gasteiger partial charge in [-0.05, 0) is 37.8 Å². The van der Waals surface area contributed by atoms with Crippen LogP contribution >= 0.6 is 11.6 Å². The molecule has 0 aliphatic carbocycles. The highest BCUT2D eigenvalue weighted by molar-refractivity contribution is 6.28. The summed E-state index contributed by atoms with van der Waals surface area (Å²) >= 11 is 5.72. The Morgan fingerprint density at radius 2 is 2.37 bits per heavy atom. The van der Waals surface area contributed by atoms with Gasteiger partial charge in [-0.1, -0.05) is 0 Å². The maximum absolute atomic E-state index is 11.0. The van der Waals surface area contributed by atoms with E-state index in [9.17, 15) is 10.1 Å². The number of anilines is 1. The molecule has 7 nitrogen and oxygen atoms in total. The second-order valence-corrected chi connectivity index (χ2v) is 4.72. The smallest absolute Gasteiger partial charge is 0.332 e. The molecule has 1 aromatic heterocycles. The highest BCUT2D eigenvalue weighted by atomic mass is 35.5. The number of ether oxygens (including phenoxy) is 1. The summed E-state index contributed by atoms with van der Waals surface area (Å²) < 4.78 is 5.48. The van der Waals surface area contributed by atoms with Crippen LogP contribution in [0, 0.1) is 17.0 Å². The summed E-state index contributed by atoms with van der Waals surface area (Å²) in [6.07, 6.45) is 3.12. The van der Waals surface area contributed by atoms with Gasteiger partial charge in [0.1, 0.15) is 5.69 Å². The zero-order chi connectivity index (χ0) is 13.8. The van der Waals surface area contributed by atoms with Gasteiger partial charge in [0, 0.05) is 13.2 Å². The van der Waals surface area contributed by atoms with Crippen molar-refractivity contribution in [1.82, 2.24) is 9.97 Å². The minimum atomic E-state index is -0.500. The number of nitro groups is 1. The maximum atomic E-state index is 11.0. The van der Waals surface area contributed by atoms with E-state index in [1.54, 1.807) is 0 Å². The van der Waals surface area contributed by atoms with Gasteiger partial charge in [-0.15, -0.1) is 0 Å². The van der Waals surface area contributed by atoms with E-state index in [1.807, 2.05) is 0 Å². The summed E-state index contributed by atoms with van der Waals surface area (Å²) in [5, 5.41) is 13.9. The molecule has 0 saturated carbocycles. The lowest BCUT2D eigenvalue weighted by molar-refractivity contribution is -0.385. The third-order valence-corrected chi connectivity index (χ3v) is 3.17. The fourth-order valence-corrected chi connectivity index (χ4v) is 2.31. The van der Waals surface area contributed by atoms with Crippen LogP contribution in [0.15, 0.2) is 0 Å². The van der Waals surface area contributed by atoms with Crippen molar-refractivity contribution in [1.29, 1.82) is 0 Å². The van der Waals surface area contributed by atoms with Crippen LogP contribution in [-0.4, -0.2) is 34.1 Å². The standard InChI is InChI=1S/C11H15ClN4O3/c1-7-9(16(17)18)10(15-11(12)14-7)13-5-4-8-3-2-6-19-8/h8H,2-6H2,1H3,(H,13,14,15). The number of nitrogens with one attached hydrogen (secondary N) is 1. The zero-order valence-electron chi connectivity index (χ0n) is 10.6. The minimum absolute atomic E-state index is 0.00252. The van der Waals surface area contributed by atoms with Crippen LogP contribution in [0.4, 0.5) is 11.5 Å².